The molecule has 0 amide bonds. The number of aromatic nitrogens is 2. The normalized spacial score (nSPS) is 10.5. The summed E-state index contributed by atoms with van der Waals surface area (Å²) in [7, 11) is 0. The van der Waals surface area contributed by atoms with Crippen LogP contribution in [0.5, 0.6) is 0 Å². The maximum Gasteiger partial charge on any atom is 0.268 e. The molecule has 4 heteroatoms. The molecule has 1 heterocycles. The Kier molecular flexibility index (Phi) is 3.43. The second-order valence-electron chi connectivity index (χ2n) is 4.04. The van der Waals surface area contributed by atoms with Gasteiger partial charge in [-0.05, 0) is 37.1 Å². The predicted octanol–water partition coefficient (Wildman–Crippen LogP) is 2.95. The van der Waals surface area contributed by atoms with Crippen LogP contribution < -0.4 is 5.56 Å². The van der Waals surface area contributed by atoms with Crippen LogP contribution >= 0.6 is 15.9 Å². The number of alkyl halides is 1. The average Bonchev–Trinajstić information content (AvgIpc) is 2.33. The van der Waals surface area contributed by atoms with Crippen molar-refractivity contribution in [2.24, 2.45) is 0 Å². The second kappa shape index (κ2) is 4.84. The van der Waals surface area contributed by atoms with Gasteiger partial charge in [-0.2, -0.15) is 5.10 Å². The van der Waals surface area contributed by atoms with E-state index in [1.807, 2.05) is 12.1 Å². The van der Waals surface area contributed by atoms with E-state index in [-0.39, 0.29) is 5.56 Å². The lowest BCUT2D eigenvalue weighted by Crippen LogP contribution is -2.13. The number of nitrogens with zero attached hydrogens (tertiary/aromatic N) is 1. The van der Waals surface area contributed by atoms with Gasteiger partial charge in [-0.3, -0.25) is 4.79 Å². The molecule has 2 rings (SSSR count). The highest BCUT2D eigenvalue weighted by atomic mass is 79.9. The van der Waals surface area contributed by atoms with Crippen LogP contribution in [0.2, 0.25) is 0 Å². The number of H-pyrrole nitrogens is 1. The average molecular weight is 293 g/mol. The zero-order valence-electron chi connectivity index (χ0n) is 9.75. The number of nitrogens with one attached hydrogen (secondary N) is 1. The lowest BCUT2D eigenvalue weighted by molar-refractivity contribution is 0.973. The summed E-state index contributed by atoms with van der Waals surface area (Å²) < 4.78 is 0. The summed E-state index contributed by atoms with van der Waals surface area (Å²) in [5, 5.41) is 7.12. The van der Waals surface area contributed by atoms with Gasteiger partial charge < -0.3 is 0 Å². The molecule has 0 saturated carbocycles. The topological polar surface area (TPSA) is 45.8 Å². The number of hydrogen-bond acceptors (Lipinski definition) is 2. The standard InChI is InChI=1S/C13H13BrN2O/c1-8-3-4-10(5-9(8)2)12-6-11(7-14)13(17)16-15-12/h3-6H,7H2,1-2H3,(H,16,17). The highest BCUT2D eigenvalue weighted by molar-refractivity contribution is 9.08. The Balaban J connectivity index is 2.53. The summed E-state index contributed by atoms with van der Waals surface area (Å²) in [6, 6.07) is 7.97. The van der Waals surface area contributed by atoms with E-state index < -0.39 is 0 Å². The Labute approximate surface area is 108 Å². The number of rotatable bonds is 2. The first kappa shape index (κ1) is 12.0. The molecular formula is C13H13BrN2O. The van der Waals surface area contributed by atoms with Gasteiger partial charge in [-0.25, -0.2) is 5.10 Å². The smallest absolute Gasteiger partial charge is 0.268 e. The molecule has 0 radical (unpaired) electrons. The maximum atomic E-state index is 11.4. The van der Waals surface area contributed by atoms with Gasteiger partial charge in [0, 0.05) is 16.5 Å². The van der Waals surface area contributed by atoms with Crippen molar-refractivity contribution < 1.29 is 0 Å². The van der Waals surface area contributed by atoms with Gasteiger partial charge in [0.05, 0.1) is 5.69 Å². The molecule has 3 nitrogen and oxygen atoms in total. The molecule has 0 aliphatic rings. The molecule has 0 aliphatic heterocycles. The molecule has 0 unspecified atom stereocenters. The van der Waals surface area contributed by atoms with Gasteiger partial charge in [-0.1, -0.05) is 28.1 Å². The van der Waals surface area contributed by atoms with Crippen molar-refractivity contribution in [1.29, 1.82) is 0 Å². The molecule has 0 atom stereocenters. The lowest BCUT2D eigenvalue weighted by atomic mass is 10.0. The van der Waals surface area contributed by atoms with Gasteiger partial charge in [0.25, 0.3) is 5.56 Å². The van der Waals surface area contributed by atoms with Crippen LogP contribution in [-0.4, -0.2) is 10.2 Å². The molecule has 0 spiro atoms. The molecule has 1 aromatic heterocycles. The molecule has 0 bridgehead atoms. The number of halogens is 1. The Morgan fingerprint density at radius 2 is 2.00 bits per heavy atom. The van der Waals surface area contributed by atoms with Crippen molar-refractivity contribution in [3.8, 4) is 11.3 Å². The summed E-state index contributed by atoms with van der Waals surface area (Å²) in [5.41, 5.74) is 4.83. The van der Waals surface area contributed by atoms with Crippen LogP contribution in [0.1, 0.15) is 16.7 Å². The van der Waals surface area contributed by atoms with Crippen LogP contribution in [0, 0.1) is 13.8 Å². The molecule has 1 aromatic carbocycles. The van der Waals surface area contributed by atoms with Gasteiger partial charge in [0.1, 0.15) is 0 Å². The second-order valence-corrected chi connectivity index (χ2v) is 4.60. The fourth-order valence-electron chi connectivity index (χ4n) is 1.59. The SMILES string of the molecule is Cc1ccc(-c2cc(CBr)c(=O)[nH]n2)cc1C. The van der Waals surface area contributed by atoms with E-state index >= 15 is 0 Å². The number of aromatic amines is 1. The zero-order valence-corrected chi connectivity index (χ0v) is 11.3. The van der Waals surface area contributed by atoms with Crippen molar-refractivity contribution in [2.75, 3.05) is 0 Å². The first-order valence-corrected chi connectivity index (χ1v) is 6.46. The van der Waals surface area contributed by atoms with E-state index in [1.54, 1.807) is 0 Å². The van der Waals surface area contributed by atoms with Gasteiger partial charge >= 0.3 is 0 Å². The van der Waals surface area contributed by atoms with Gasteiger partial charge in [-0.15, -0.1) is 0 Å². The molecule has 1 N–H and O–H groups in total. The Hall–Kier alpha value is -1.42. The Bertz CT molecular complexity index is 605. The van der Waals surface area contributed by atoms with Crippen LogP contribution in [0.15, 0.2) is 29.1 Å². The Morgan fingerprint density at radius 3 is 2.65 bits per heavy atom. The molecule has 0 fully saturated rings. The van der Waals surface area contributed by atoms with Crippen LogP contribution in [0.25, 0.3) is 11.3 Å². The van der Waals surface area contributed by atoms with Crippen molar-refractivity contribution in [2.45, 2.75) is 19.2 Å². The van der Waals surface area contributed by atoms with Crippen LogP contribution in [0.3, 0.4) is 0 Å². The summed E-state index contributed by atoms with van der Waals surface area (Å²) in [6.45, 7) is 4.14. The quantitative estimate of drug-likeness (QED) is 0.865. The van der Waals surface area contributed by atoms with Crippen molar-refractivity contribution in [3.05, 3.63) is 51.3 Å². The van der Waals surface area contributed by atoms with Crippen LogP contribution in [-0.2, 0) is 5.33 Å². The van der Waals surface area contributed by atoms with Crippen LogP contribution in [0.4, 0.5) is 0 Å². The lowest BCUT2D eigenvalue weighted by Gasteiger charge is -2.05. The van der Waals surface area contributed by atoms with E-state index in [9.17, 15) is 4.79 Å². The number of benzene rings is 1. The van der Waals surface area contributed by atoms with Gasteiger partial charge in [0.15, 0.2) is 0 Å². The van der Waals surface area contributed by atoms with Crippen molar-refractivity contribution >= 4 is 15.9 Å². The minimum atomic E-state index is -0.144. The highest BCUT2D eigenvalue weighted by Crippen LogP contribution is 2.20. The fourth-order valence-corrected chi connectivity index (χ4v) is 2.01. The minimum absolute atomic E-state index is 0.144. The van der Waals surface area contributed by atoms with E-state index in [0.717, 1.165) is 11.3 Å². The van der Waals surface area contributed by atoms with E-state index in [2.05, 4.69) is 52.1 Å². The first-order chi connectivity index (χ1) is 8.11. The highest BCUT2D eigenvalue weighted by Gasteiger charge is 2.05. The molecule has 0 aliphatic carbocycles. The zero-order chi connectivity index (χ0) is 12.4. The summed E-state index contributed by atoms with van der Waals surface area (Å²) >= 11 is 3.29. The summed E-state index contributed by atoms with van der Waals surface area (Å²) in [5.74, 6) is 0. The van der Waals surface area contributed by atoms with Crippen molar-refractivity contribution in [3.63, 3.8) is 0 Å². The third-order valence-electron chi connectivity index (χ3n) is 2.83. The van der Waals surface area contributed by atoms with Gasteiger partial charge in [0.2, 0.25) is 0 Å². The summed E-state index contributed by atoms with van der Waals surface area (Å²) in [4.78, 5) is 11.4. The molecule has 17 heavy (non-hydrogen) atoms. The Morgan fingerprint density at radius 1 is 1.24 bits per heavy atom. The van der Waals surface area contributed by atoms with E-state index in [1.165, 1.54) is 11.1 Å². The first-order valence-electron chi connectivity index (χ1n) is 5.34. The molecule has 2 aromatic rings. The van der Waals surface area contributed by atoms with Crippen molar-refractivity contribution in [1.82, 2.24) is 10.2 Å². The minimum Gasteiger partial charge on any atom is -0.268 e. The number of hydrogen-bond donors (Lipinski definition) is 1. The molecule has 88 valence electrons. The fraction of sp³-hybridized carbons (Fsp3) is 0.231. The van der Waals surface area contributed by atoms with E-state index in [4.69, 9.17) is 0 Å². The predicted molar refractivity (Wildman–Crippen MR) is 72.4 cm³/mol. The molecular weight excluding hydrogens is 280 g/mol. The number of aryl methyl sites for hydroxylation is 2. The monoisotopic (exact) mass is 292 g/mol. The third-order valence-corrected chi connectivity index (χ3v) is 3.43. The molecule has 0 saturated heterocycles. The largest absolute Gasteiger partial charge is 0.268 e. The maximum absolute atomic E-state index is 11.4. The summed E-state index contributed by atoms with van der Waals surface area (Å²) in [6.07, 6.45) is 0. The third kappa shape index (κ3) is 2.47. The van der Waals surface area contributed by atoms with E-state index in [0.29, 0.717) is 10.9 Å².